The van der Waals surface area contributed by atoms with Gasteiger partial charge in [0.2, 0.25) is 0 Å². The molecule has 0 unspecified atom stereocenters. The zero-order chi connectivity index (χ0) is 18.0. The highest BCUT2D eigenvalue weighted by Crippen LogP contribution is 2.27. The van der Waals surface area contributed by atoms with Crippen molar-refractivity contribution in [3.8, 4) is 0 Å². The van der Waals surface area contributed by atoms with Crippen molar-refractivity contribution in [3.05, 3.63) is 17.5 Å². The minimum absolute atomic E-state index is 0.0807. The summed E-state index contributed by atoms with van der Waals surface area (Å²) in [7, 11) is 2.20. The molecule has 25 heavy (non-hydrogen) atoms. The van der Waals surface area contributed by atoms with Gasteiger partial charge in [-0.05, 0) is 24.9 Å². The molecule has 0 radical (unpaired) electrons. The molecule has 0 aliphatic carbocycles. The molecule has 6 heteroatoms. The summed E-state index contributed by atoms with van der Waals surface area (Å²) in [5.41, 5.74) is 2.38. The molecule has 3 rings (SSSR count). The number of hydrogen-bond acceptors (Lipinski definition) is 5. The van der Waals surface area contributed by atoms with Gasteiger partial charge >= 0.3 is 0 Å². The first-order valence-corrected chi connectivity index (χ1v) is 9.64. The molecule has 2 atom stereocenters. The lowest BCUT2D eigenvalue weighted by molar-refractivity contribution is 0.116. The first-order valence-electron chi connectivity index (χ1n) is 9.64. The van der Waals surface area contributed by atoms with E-state index in [0.717, 1.165) is 58.1 Å². The summed E-state index contributed by atoms with van der Waals surface area (Å²) in [6.07, 6.45) is 0. The fraction of sp³-hybridized carbons (Fsp3) is 0.842. The van der Waals surface area contributed by atoms with Gasteiger partial charge in [0.15, 0.2) is 0 Å². The van der Waals surface area contributed by atoms with Crippen molar-refractivity contribution in [2.24, 2.45) is 11.8 Å². The predicted molar refractivity (Wildman–Crippen MR) is 101 cm³/mol. The van der Waals surface area contributed by atoms with E-state index in [1.165, 1.54) is 5.69 Å². The van der Waals surface area contributed by atoms with Gasteiger partial charge < -0.3 is 14.9 Å². The second kappa shape index (κ2) is 7.74. The van der Waals surface area contributed by atoms with Gasteiger partial charge in [0, 0.05) is 70.1 Å². The number of rotatable bonds is 5. The molecule has 2 aliphatic rings. The number of aliphatic hydroxyl groups excluding tert-OH is 1. The third kappa shape index (κ3) is 4.82. The average Bonchev–Trinajstić information content (AvgIpc) is 3.16. The molecular formula is C19H35N5O. The van der Waals surface area contributed by atoms with E-state index in [1.807, 2.05) is 0 Å². The molecule has 2 aliphatic heterocycles. The number of aromatic nitrogens is 2. The first-order chi connectivity index (χ1) is 11.8. The van der Waals surface area contributed by atoms with E-state index in [0.29, 0.717) is 18.4 Å². The summed E-state index contributed by atoms with van der Waals surface area (Å²) in [4.78, 5) is 7.44. The monoisotopic (exact) mass is 349 g/mol. The number of H-pyrrole nitrogens is 1. The molecule has 1 aromatic rings. The molecule has 142 valence electrons. The summed E-state index contributed by atoms with van der Waals surface area (Å²) in [5, 5.41) is 17.5. The zero-order valence-corrected chi connectivity index (χ0v) is 16.3. The van der Waals surface area contributed by atoms with Crippen LogP contribution in [0.1, 0.15) is 32.2 Å². The zero-order valence-electron chi connectivity index (χ0n) is 16.3. The molecule has 6 nitrogen and oxygen atoms in total. The van der Waals surface area contributed by atoms with E-state index in [4.69, 9.17) is 0 Å². The van der Waals surface area contributed by atoms with E-state index >= 15 is 0 Å². The molecule has 0 amide bonds. The van der Waals surface area contributed by atoms with Gasteiger partial charge in [0.05, 0.1) is 5.69 Å². The molecule has 2 fully saturated rings. The van der Waals surface area contributed by atoms with Crippen molar-refractivity contribution in [1.29, 1.82) is 0 Å². The average molecular weight is 350 g/mol. The van der Waals surface area contributed by atoms with E-state index < -0.39 is 0 Å². The number of likely N-dealkylation sites (tertiary alicyclic amines) is 1. The van der Waals surface area contributed by atoms with E-state index in [2.05, 4.69) is 58.8 Å². The van der Waals surface area contributed by atoms with Crippen LogP contribution >= 0.6 is 0 Å². The Morgan fingerprint density at radius 3 is 2.40 bits per heavy atom. The summed E-state index contributed by atoms with van der Waals surface area (Å²) in [6, 6.07) is 2.20. The van der Waals surface area contributed by atoms with Crippen LogP contribution in [0.25, 0.3) is 0 Å². The second-order valence-electron chi connectivity index (χ2n) is 9.03. The maximum absolute atomic E-state index is 9.83. The van der Waals surface area contributed by atoms with Crippen LogP contribution in [-0.4, -0.2) is 89.5 Å². The van der Waals surface area contributed by atoms with E-state index in [-0.39, 0.29) is 5.41 Å². The normalized spacial score (nSPS) is 27.2. The van der Waals surface area contributed by atoms with Gasteiger partial charge in [-0.2, -0.15) is 5.10 Å². The highest BCUT2D eigenvalue weighted by Gasteiger charge is 2.34. The van der Waals surface area contributed by atoms with Gasteiger partial charge in [-0.3, -0.25) is 10.00 Å². The summed E-state index contributed by atoms with van der Waals surface area (Å²) in [6.45, 7) is 15.6. The molecule has 3 heterocycles. The van der Waals surface area contributed by atoms with Gasteiger partial charge in [-0.1, -0.05) is 20.8 Å². The second-order valence-corrected chi connectivity index (χ2v) is 9.03. The number of likely N-dealkylation sites (N-methyl/N-ethyl adjacent to an activating group) is 1. The number of hydrogen-bond donors (Lipinski definition) is 2. The van der Waals surface area contributed by atoms with Crippen molar-refractivity contribution in [3.63, 3.8) is 0 Å². The Morgan fingerprint density at radius 2 is 1.80 bits per heavy atom. The van der Waals surface area contributed by atoms with Crippen molar-refractivity contribution in [1.82, 2.24) is 24.9 Å². The van der Waals surface area contributed by atoms with Crippen molar-refractivity contribution < 1.29 is 5.11 Å². The maximum Gasteiger partial charge on any atom is 0.0678 e. The van der Waals surface area contributed by atoms with Crippen molar-refractivity contribution in [2.45, 2.75) is 32.7 Å². The lowest BCUT2D eigenvalue weighted by atomic mass is 9.92. The van der Waals surface area contributed by atoms with Crippen LogP contribution in [0, 0.1) is 11.8 Å². The molecule has 2 saturated heterocycles. The summed E-state index contributed by atoms with van der Waals surface area (Å²) >= 11 is 0. The topological polar surface area (TPSA) is 58.6 Å². The minimum atomic E-state index is 0.0807. The van der Waals surface area contributed by atoms with Crippen LogP contribution in [0.2, 0.25) is 0 Å². The number of nitrogens with one attached hydrogen (secondary N) is 1. The fourth-order valence-electron chi connectivity index (χ4n) is 4.01. The molecular weight excluding hydrogens is 314 g/mol. The largest absolute Gasteiger partial charge is 0.396 e. The lowest BCUT2D eigenvalue weighted by Crippen LogP contribution is -2.47. The Bertz CT molecular complexity index is 544. The standard InChI is InChI=1S/C19H35N5O/c1-19(2,3)18-9-17(20-21-18)13-24-11-15(16(12-24)14-25)10-23-7-5-22(4)6-8-23/h9,15-16,25H,5-8,10-14H2,1-4H3,(H,20,21)/t15-,16-/m1/s1. The number of aromatic amines is 1. The molecule has 0 saturated carbocycles. The Kier molecular flexibility index (Phi) is 5.83. The Labute approximate surface area is 152 Å². The maximum atomic E-state index is 9.83. The van der Waals surface area contributed by atoms with Crippen LogP contribution in [0.5, 0.6) is 0 Å². The van der Waals surface area contributed by atoms with Gasteiger partial charge in [0.1, 0.15) is 0 Å². The van der Waals surface area contributed by atoms with E-state index in [9.17, 15) is 5.11 Å². The van der Waals surface area contributed by atoms with Crippen molar-refractivity contribution in [2.75, 3.05) is 59.5 Å². The highest BCUT2D eigenvalue weighted by atomic mass is 16.3. The van der Waals surface area contributed by atoms with Crippen LogP contribution < -0.4 is 0 Å². The molecule has 2 N–H and O–H groups in total. The number of nitrogens with zero attached hydrogens (tertiary/aromatic N) is 4. The third-order valence-electron chi connectivity index (χ3n) is 5.77. The summed E-state index contributed by atoms with van der Waals surface area (Å²) in [5.74, 6) is 0.961. The Hall–Kier alpha value is -0.950. The highest BCUT2D eigenvalue weighted by molar-refractivity contribution is 5.16. The predicted octanol–water partition coefficient (Wildman–Crippen LogP) is 0.995. The van der Waals surface area contributed by atoms with Gasteiger partial charge in [0.25, 0.3) is 0 Å². The SMILES string of the molecule is CN1CCN(C[C@@H]2CN(Cc3cc(C(C)(C)C)n[nH]3)C[C@@H]2CO)CC1. The Balaban J connectivity index is 1.55. The fourth-order valence-corrected chi connectivity index (χ4v) is 4.01. The Morgan fingerprint density at radius 1 is 1.12 bits per heavy atom. The number of piperazine rings is 1. The quantitative estimate of drug-likeness (QED) is 0.830. The molecule has 0 spiro atoms. The van der Waals surface area contributed by atoms with Crippen LogP contribution in [0.15, 0.2) is 6.07 Å². The summed E-state index contributed by atoms with van der Waals surface area (Å²) < 4.78 is 0. The smallest absolute Gasteiger partial charge is 0.0678 e. The third-order valence-corrected chi connectivity index (χ3v) is 5.77. The number of aliphatic hydroxyl groups is 1. The van der Waals surface area contributed by atoms with Gasteiger partial charge in [-0.15, -0.1) is 0 Å². The first kappa shape index (κ1) is 18.8. The molecule has 1 aromatic heterocycles. The molecule has 0 bridgehead atoms. The van der Waals surface area contributed by atoms with Crippen LogP contribution in [0.3, 0.4) is 0 Å². The lowest BCUT2D eigenvalue weighted by Gasteiger charge is -2.34. The van der Waals surface area contributed by atoms with Crippen LogP contribution in [0.4, 0.5) is 0 Å². The van der Waals surface area contributed by atoms with Gasteiger partial charge in [-0.25, -0.2) is 0 Å². The van der Waals surface area contributed by atoms with Crippen molar-refractivity contribution >= 4 is 0 Å². The van der Waals surface area contributed by atoms with E-state index in [1.54, 1.807) is 0 Å². The minimum Gasteiger partial charge on any atom is -0.396 e. The molecule has 0 aromatic carbocycles. The van der Waals surface area contributed by atoms with Crippen LogP contribution in [-0.2, 0) is 12.0 Å².